The minimum atomic E-state index is 0.386. The summed E-state index contributed by atoms with van der Waals surface area (Å²) in [6.45, 7) is 0.521. The van der Waals surface area contributed by atoms with Crippen LogP contribution in [0.1, 0.15) is 5.69 Å². The van der Waals surface area contributed by atoms with Gasteiger partial charge in [-0.15, -0.1) is 0 Å². The highest BCUT2D eigenvalue weighted by Crippen LogP contribution is 2.11. The Balaban J connectivity index is 1.74. The van der Waals surface area contributed by atoms with Crippen LogP contribution in [0.25, 0.3) is 0 Å². The second kappa shape index (κ2) is 7.40. The van der Waals surface area contributed by atoms with Crippen molar-refractivity contribution in [2.45, 2.75) is 6.42 Å². The molecule has 0 radical (unpaired) electrons. The van der Waals surface area contributed by atoms with Crippen molar-refractivity contribution in [3.8, 4) is 0 Å². The fraction of sp³-hybridized carbons (Fsp3) is 0.143. The van der Waals surface area contributed by atoms with E-state index in [1.807, 2.05) is 42.5 Å². The first kappa shape index (κ1) is 14.2. The highest BCUT2D eigenvalue weighted by atomic mass is 127. The van der Waals surface area contributed by atoms with Crippen molar-refractivity contribution in [2.75, 3.05) is 11.9 Å². The van der Waals surface area contributed by atoms with Gasteiger partial charge in [-0.1, -0.05) is 6.07 Å². The lowest BCUT2D eigenvalue weighted by Gasteiger charge is -2.09. The molecular weight excluding hydrogens is 371 g/mol. The molecule has 5 heteroatoms. The highest BCUT2D eigenvalue weighted by molar-refractivity contribution is 14.1. The van der Waals surface area contributed by atoms with E-state index in [9.17, 15) is 0 Å². The summed E-state index contributed by atoms with van der Waals surface area (Å²) in [5.41, 5.74) is 1.93. The summed E-state index contributed by atoms with van der Waals surface area (Å²) in [6.07, 6.45) is 2.52. The van der Waals surface area contributed by atoms with Crippen molar-refractivity contribution in [3.63, 3.8) is 0 Å². The van der Waals surface area contributed by atoms with Crippen LogP contribution in [0.15, 0.2) is 48.7 Å². The number of nitrogens with one attached hydrogen (secondary N) is 1. The summed E-state index contributed by atoms with van der Waals surface area (Å²) in [6, 6.07) is 13.8. The van der Waals surface area contributed by atoms with Crippen LogP contribution in [0.5, 0.6) is 0 Å². The quantitative estimate of drug-likeness (QED) is 0.645. The Morgan fingerprint density at radius 3 is 2.68 bits per heavy atom. The van der Waals surface area contributed by atoms with Crippen LogP contribution in [0.4, 0.5) is 5.69 Å². The first-order chi connectivity index (χ1) is 9.24. The van der Waals surface area contributed by atoms with Crippen molar-refractivity contribution >= 4 is 45.7 Å². The number of thiocarbonyl (C=S) groups is 1. The average molecular weight is 384 g/mol. The van der Waals surface area contributed by atoms with Gasteiger partial charge in [0.15, 0.2) is 0 Å². The number of pyridine rings is 1. The third-order valence-electron chi connectivity index (χ3n) is 2.41. The predicted octanol–water partition coefficient (Wildman–Crippen LogP) is 3.64. The normalized spacial score (nSPS) is 9.95. The van der Waals surface area contributed by atoms with E-state index in [-0.39, 0.29) is 0 Å². The Bertz CT molecular complexity index is 531. The number of ether oxygens (including phenoxy) is 1. The molecule has 0 atom stereocenters. The van der Waals surface area contributed by atoms with Gasteiger partial charge in [0, 0.05) is 27.6 Å². The Morgan fingerprint density at radius 1 is 1.21 bits per heavy atom. The molecule has 19 heavy (non-hydrogen) atoms. The summed E-state index contributed by atoms with van der Waals surface area (Å²) < 4.78 is 6.64. The Hall–Kier alpha value is -1.21. The highest BCUT2D eigenvalue weighted by Gasteiger charge is 2.00. The van der Waals surface area contributed by atoms with Crippen LogP contribution in [-0.2, 0) is 11.2 Å². The van der Waals surface area contributed by atoms with Crippen LogP contribution >= 0.6 is 34.8 Å². The fourth-order valence-corrected chi connectivity index (χ4v) is 2.04. The van der Waals surface area contributed by atoms with E-state index in [2.05, 4.69) is 32.9 Å². The molecule has 0 saturated carbocycles. The average Bonchev–Trinajstić information content (AvgIpc) is 2.43. The molecule has 0 unspecified atom stereocenters. The molecule has 0 bridgehead atoms. The number of nitrogens with zero attached hydrogens (tertiary/aromatic N) is 1. The molecule has 98 valence electrons. The molecule has 2 rings (SSSR count). The molecule has 0 saturated heterocycles. The molecule has 0 aliphatic carbocycles. The standard InChI is InChI=1S/C14H13IN2OS/c15-11-4-6-13(7-5-11)17-14(19)18-10-8-12-3-1-2-9-16-12/h1-7,9H,8,10H2,(H,17,19). The SMILES string of the molecule is S=C(Nc1ccc(I)cc1)OCCc1ccccn1. The van der Waals surface area contributed by atoms with Gasteiger partial charge in [0.1, 0.15) is 0 Å². The number of rotatable bonds is 4. The van der Waals surface area contributed by atoms with Crippen LogP contribution in [0, 0.1) is 3.57 Å². The van der Waals surface area contributed by atoms with E-state index in [0.717, 1.165) is 17.8 Å². The number of anilines is 1. The van der Waals surface area contributed by atoms with Gasteiger partial charge in [0.25, 0.3) is 5.17 Å². The fourth-order valence-electron chi connectivity index (χ4n) is 1.48. The van der Waals surface area contributed by atoms with Crippen molar-refractivity contribution in [2.24, 2.45) is 0 Å². The van der Waals surface area contributed by atoms with E-state index in [0.29, 0.717) is 11.8 Å². The zero-order valence-corrected chi connectivity index (χ0v) is 13.1. The first-order valence-corrected chi connectivity index (χ1v) is 7.32. The number of halogens is 1. The van der Waals surface area contributed by atoms with Crippen LogP contribution in [0.3, 0.4) is 0 Å². The zero-order valence-electron chi connectivity index (χ0n) is 10.2. The Kier molecular flexibility index (Phi) is 5.53. The number of hydrogen-bond donors (Lipinski definition) is 1. The molecule has 0 aliphatic heterocycles. The lowest BCUT2D eigenvalue weighted by molar-refractivity contribution is 0.315. The maximum atomic E-state index is 5.46. The maximum Gasteiger partial charge on any atom is 0.261 e. The van der Waals surface area contributed by atoms with E-state index in [1.54, 1.807) is 6.20 Å². The minimum absolute atomic E-state index is 0.386. The van der Waals surface area contributed by atoms with Gasteiger partial charge in [0.2, 0.25) is 0 Å². The molecule has 2 aromatic rings. The van der Waals surface area contributed by atoms with Gasteiger partial charge in [0.05, 0.1) is 6.61 Å². The number of benzene rings is 1. The molecule has 0 fully saturated rings. The topological polar surface area (TPSA) is 34.1 Å². The Labute approximate surface area is 131 Å². The van der Waals surface area contributed by atoms with Crippen LogP contribution < -0.4 is 5.32 Å². The van der Waals surface area contributed by atoms with Gasteiger partial charge in [-0.2, -0.15) is 0 Å². The van der Waals surface area contributed by atoms with Crippen LogP contribution in [0.2, 0.25) is 0 Å². The summed E-state index contributed by atoms with van der Waals surface area (Å²) in [7, 11) is 0. The number of aromatic nitrogens is 1. The Morgan fingerprint density at radius 2 is 2.00 bits per heavy atom. The van der Waals surface area contributed by atoms with Gasteiger partial charge in [-0.05, 0) is 71.2 Å². The van der Waals surface area contributed by atoms with E-state index in [4.69, 9.17) is 17.0 Å². The maximum absolute atomic E-state index is 5.46. The van der Waals surface area contributed by atoms with Crippen LogP contribution in [-0.4, -0.2) is 16.8 Å². The lowest BCUT2D eigenvalue weighted by Crippen LogP contribution is -2.15. The summed E-state index contributed by atoms with van der Waals surface area (Å²) >= 11 is 7.39. The first-order valence-electron chi connectivity index (χ1n) is 5.83. The minimum Gasteiger partial charge on any atom is -0.470 e. The molecule has 1 heterocycles. The third kappa shape index (κ3) is 5.12. The summed E-state index contributed by atoms with van der Waals surface area (Å²) in [4.78, 5) is 4.22. The van der Waals surface area contributed by atoms with Crippen molar-refractivity contribution < 1.29 is 4.74 Å². The van der Waals surface area contributed by atoms with Gasteiger partial charge >= 0.3 is 0 Å². The third-order valence-corrected chi connectivity index (χ3v) is 3.35. The largest absolute Gasteiger partial charge is 0.470 e. The molecule has 0 amide bonds. The second-order valence-electron chi connectivity index (χ2n) is 3.84. The van der Waals surface area contributed by atoms with Crippen molar-refractivity contribution in [1.29, 1.82) is 0 Å². The van der Waals surface area contributed by atoms with Gasteiger partial charge in [-0.25, -0.2) is 0 Å². The summed E-state index contributed by atoms with van der Waals surface area (Å²) in [5.74, 6) is 0. The molecule has 1 N–H and O–H groups in total. The zero-order chi connectivity index (χ0) is 13.5. The molecule has 0 aliphatic rings. The van der Waals surface area contributed by atoms with Crippen molar-refractivity contribution in [1.82, 2.24) is 4.98 Å². The molecule has 3 nitrogen and oxygen atoms in total. The molecular formula is C14H13IN2OS. The van der Waals surface area contributed by atoms with E-state index >= 15 is 0 Å². The molecule has 0 spiro atoms. The van der Waals surface area contributed by atoms with Gasteiger partial charge < -0.3 is 10.1 Å². The smallest absolute Gasteiger partial charge is 0.261 e. The lowest BCUT2D eigenvalue weighted by atomic mass is 10.3. The van der Waals surface area contributed by atoms with E-state index < -0.39 is 0 Å². The summed E-state index contributed by atoms with van der Waals surface area (Å²) in [5, 5.41) is 3.43. The monoisotopic (exact) mass is 384 g/mol. The van der Waals surface area contributed by atoms with Gasteiger partial charge in [-0.3, -0.25) is 4.98 Å². The molecule has 1 aromatic heterocycles. The second-order valence-corrected chi connectivity index (χ2v) is 5.46. The van der Waals surface area contributed by atoms with Crippen molar-refractivity contribution in [3.05, 3.63) is 57.9 Å². The predicted molar refractivity (Wildman–Crippen MR) is 89.3 cm³/mol. The number of hydrogen-bond acceptors (Lipinski definition) is 3. The van der Waals surface area contributed by atoms with E-state index in [1.165, 1.54) is 3.57 Å². The molecule has 1 aromatic carbocycles.